The summed E-state index contributed by atoms with van der Waals surface area (Å²) in [4.78, 5) is 23.7. The van der Waals surface area contributed by atoms with Crippen LogP contribution in [-0.4, -0.2) is 26.0 Å². The van der Waals surface area contributed by atoms with Crippen LogP contribution < -0.4 is 20.3 Å². The van der Waals surface area contributed by atoms with Gasteiger partial charge in [0, 0.05) is 5.56 Å². The molecule has 1 aromatic heterocycles. The van der Waals surface area contributed by atoms with Crippen molar-refractivity contribution in [3.05, 3.63) is 46.3 Å². The number of hydrogen-bond donors (Lipinski definition) is 2. The van der Waals surface area contributed by atoms with E-state index in [9.17, 15) is 9.59 Å². The number of rotatable bonds is 4. The molecule has 1 heterocycles. The highest BCUT2D eigenvalue weighted by atomic mass is 79.9. The maximum absolute atomic E-state index is 12.1. The molecular formula is C14H13BrN2O5. The number of nitrogens with one attached hydrogen (secondary N) is 2. The van der Waals surface area contributed by atoms with Crippen molar-refractivity contribution in [2.75, 3.05) is 14.2 Å². The number of methoxy groups -OCH3 is 2. The molecule has 8 heteroatoms. The van der Waals surface area contributed by atoms with E-state index < -0.39 is 11.8 Å². The minimum atomic E-state index is -0.561. The molecule has 0 atom stereocenters. The minimum Gasteiger partial charge on any atom is -0.495 e. The second kappa shape index (κ2) is 6.99. The molecule has 0 saturated heterocycles. The second-order valence-corrected chi connectivity index (χ2v) is 4.87. The van der Waals surface area contributed by atoms with Crippen molar-refractivity contribution >= 4 is 27.7 Å². The molecule has 1 aromatic carbocycles. The predicted octanol–water partition coefficient (Wildman–Crippen LogP) is 2.13. The summed E-state index contributed by atoms with van der Waals surface area (Å²) in [6, 6.07) is 6.08. The Morgan fingerprint density at radius 3 is 2.18 bits per heavy atom. The second-order valence-electron chi connectivity index (χ2n) is 4.08. The van der Waals surface area contributed by atoms with E-state index in [-0.39, 0.29) is 11.3 Å². The third-order valence-corrected chi connectivity index (χ3v) is 3.52. The Labute approximate surface area is 134 Å². The molecule has 22 heavy (non-hydrogen) atoms. The number of halogens is 1. The first-order valence-corrected chi connectivity index (χ1v) is 6.91. The summed E-state index contributed by atoms with van der Waals surface area (Å²) in [5.74, 6) is -0.131. The van der Waals surface area contributed by atoms with Gasteiger partial charge in [-0.05, 0) is 40.2 Å². The lowest BCUT2D eigenvalue weighted by molar-refractivity contribution is 0.0830. The van der Waals surface area contributed by atoms with E-state index in [1.807, 2.05) is 0 Å². The van der Waals surface area contributed by atoms with Crippen LogP contribution in [0.3, 0.4) is 0 Å². The standard InChI is InChI=1S/C14H13BrN2O5/c1-20-10-6-8(7-11(21-2)12(10)15)13(18)16-17-14(19)9-4-3-5-22-9/h3-7H,1-2H3,(H,16,18)(H,17,19). The molecule has 0 radical (unpaired) electrons. The maximum Gasteiger partial charge on any atom is 0.305 e. The lowest BCUT2D eigenvalue weighted by Gasteiger charge is -2.12. The Morgan fingerprint density at radius 2 is 1.68 bits per heavy atom. The highest BCUT2D eigenvalue weighted by Gasteiger charge is 2.16. The van der Waals surface area contributed by atoms with Gasteiger partial charge in [0.15, 0.2) is 5.76 Å². The van der Waals surface area contributed by atoms with Gasteiger partial charge in [-0.3, -0.25) is 20.4 Å². The molecule has 0 spiro atoms. The summed E-state index contributed by atoms with van der Waals surface area (Å²) < 4.78 is 15.8. The lowest BCUT2D eigenvalue weighted by Crippen LogP contribution is -2.41. The molecule has 2 rings (SSSR count). The number of carbonyl (C=O) groups excluding carboxylic acids is 2. The van der Waals surface area contributed by atoms with Crippen LogP contribution in [0.25, 0.3) is 0 Å². The molecule has 0 saturated carbocycles. The smallest absolute Gasteiger partial charge is 0.305 e. The Morgan fingerprint density at radius 1 is 1.09 bits per heavy atom. The molecule has 0 fully saturated rings. The fourth-order valence-electron chi connectivity index (χ4n) is 1.66. The van der Waals surface area contributed by atoms with Crippen molar-refractivity contribution in [2.45, 2.75) is 0 Å². The first-order valence-electron chi connectivity index (χ1n) is 6.12. The van der Waals surface area contributed by atoms with Gasteiger partial charge in [-0.1, -0.05) is 0 Å². The SMILES string of the molecule is COc1cc(C(=O)NNC(=O)c2ccco2)cc(OC)c1Br. The maximum atomic E-state index is 12.1. The van der Waals surface area contributed by atoms with Gasteiger partial charge in [-0.15, -0.1) is 0 Å². The van der Waals surface area contributed by atoms with Crippen molar-refractivity contribution in [1.82, 2.24) is 10.9 Å². The summed E-state index contributed by atoms with van der Waals surface area (Å²) in [7, 11) is 2.94. The van der Waals surface area contributed by atoms with Crippen LogP contribution >= 0.6 is 15.9 Å². The zero-order valence-electron chi connectivity index (χ0n) is 11.8. The van der Waals surface area contributed by atoms with Crippen molar-refractivity contribution in [3.63, 3.8) is 0 Å². The van der Waals surface area contributed by atoms with E-state index >= 15 is 0 Å². The van der Waals surface area contributed by atoms with Crippen molar-refractivity contribution in [3.8, 4) is 11.5 Å². The monoisotopic (exact) mass is 368 g/mol. The molecule has 0 aliphatic rings. The van der Waals surface area contributed by atoms with Crippen LogP contribution in [0, 0.1) is 0 Å². The van der Waals surface area contributed by atoms with E-state index in [4.69, 9.17) is 13.9 Å². The van der Waals surface area contributed by atoms with E-state index in [0.717, 1.165) is 0 Å². The van der Waals surface area contributed by atoms with Gasteiger partial charge in [0.2, 0.25) is 0 Å². The van der Waals surface area contributed by atoms with Crippen LogP contribution in [0.2, 0.25) is 0 Å². The molecule has 2 aromatic rings. The summed E-state index contributed by atoms with van der Waals surface area (Å²) in [5, 5.41) is 0. The third kappa shape index (κ3) is 3.40. The topological polar surface area (TPSA) is 89.8 Å². The Bertz CT molecular complexity index is 660. The highest BCUT2D eigenvalue weighted by molar-refractivity contribution is 9.10. The van der Waals surface area contributed by atoms with E-state index in [1.54, 1.807) is 6.07 Å². The van der Waals surface area contributed by atoms with Gasteiger partial charge in [-0.2, -0.15) is 0 Å². The zero-order chi connectivity index (χ0) is 16.1. The number of hydrogen-bond acceptors (Lipinski definition) is 5. The Hall–Kier alpha value is -2.48. The van der Waals surface area contributed by atoms with Crippen LogP contribution in [0.4, 0.5) is 0 Å². The average Bonchev–Trinajstić information content (AvgIpc) is 3.07. The number of benzene rings is 1. The van der Waals surface area contributed by atoms with Crippen LogP contribution in [-0.2, 0) is 0 Å². The Balaban J connectivity index is 2.11. The summed E-state index contributed by atoms with van der Waals surface area (Å²) in [6.45, 7) is 0. The predicted molar refractivity (Wildman–Crippen MR) is 80.9 cm³/mol. The van der Waals surface area contributed by atoms with Gasteiger partial charge in [-0.25, -0.2) is 0 Å². The molecule has 0 bridgehead atoms. The summed E-state index contributed by atoms with van der Waals surface area (Å²) >= 11 is 3.31. The molecule has 0 aliphatic carbocycles. The van der Waals surface area contributed by atoms with Crippen molar-refractivity contribution in [1.29, 1.82) is 0 Å². The van der Waals surface area contributed by atoms with Crippen LogP contribution in [0.15, 0.2) is 39.4 Å². The molecule has 7 nitrogen and oxygen atoms in total. The van der Waals surface area contributed by atoms with Gasteiger partial charge < -0.3 is 13.9 Å². The highest BCUT2D eigenvalue weighted by Crippen LogP contribution is 2.35. The quantitative estimate of drug-likeness (QED) is 0.806. The molecule has 116 valence electrons. The third-order valence-electron chi connectivity index (χ3n) is 2.74. The minimum absolute atomic E-state index is 0.0891. The first kappa shape index (κ1) is 15.9. The van der Waals surface area contributed by atoms with Gasteiger partial charge >= 0.3 is 5.91 Å². The van der Waals surface area contributed by atoms with Crippen LogP contribution in [0.1, 0.15) is 20.9 Å². The fourth-order valence-corrected chi connectivity index (χ4v) is 2.21. The lowest BCUT2D eigenvalue weighted by atomic mass is 10.2. The molecule has 2 N–H and O–H groups in total. The van der Waals surface area contributed by atoms with E-state index in [2.05, 4.69) is 26.8 Å². The summed E-state index contributed by atoms with van der Waals surface area (Å²) in [5.41, 5.74) is 4.79. The number of hydrazine groups is 1. The van der Waals surface area contributed by atoms with Crippen molar-refractivity contribution in [2.24, 2.45) is 0 Å². The molecule has 0 unspecified atom stereocenters. The molecule has 2 amide bonds. The summed E-state index contributed by atoms with van der Waals surface area (Å²) in [6.07, 6.45) is 1.36. The fraction of sp³-hybridized carbons (Fsp3) is 0.143. The van der Waals surface area contributed by atoms with Crippen LogP contribution in [0.5, 0.6) is 11.5 Å². The molecular weight excluding hydrogens is 356 g/mol. The zero-order valence-corrected chi connectivity index (χ0v) is 13.4. The van der Waals surface area contributed by atoms with E-state index in [1.165, 1.54) is 38.7 Å². The number of furan rings is 1. The number of ether oxygens (including phenoxy) is 2. The van der Waals surface area contributed by atoms with Gasteiger partial charge in [0.1, 0.15) is 16.0 Å². The number of amides is 2. The first-order chi connectivity index (χ1) is 10.6. The van der Waals surface area contributed by atoms with Gasteiger partial charge in [0.25, 0.3) is 5.91 Å². The largest absolute Gasteiger partial charge is 0.495 e. The van der Waals surface area contributed by atoms with Gasteiger partial charge in [0.05, 0.1) is 20.5 Å². The number of carbonyl (C=O) groups is 2. The normalized spacial score (nSPS) is 9.95. The molecule has 0 aliphatic heterocycles. The average molecular weight is 369 g/mol. The van der Waals surface area contributed by atoms with E-state index in [0.29, 0.717) is 16.0 Å². The van der Waals surface area contributed by atoms with Crippen molar-refractivity contribution < 1.29 is 23.5 Å². The Kier molecular flexibility index (Phi) is 5.05.